The lowest BCUT2D eigenvalue weighted by Crippen LogP contribution is -2.15. The van der Waals surface area contributed by atoms with Crippen LogP contribution in [0.3, 0.4) is 0 Å². The minimum Gasteiger partial charge on any atom is -0.394 e. The minimum absolute atomic E-state index is 0.365. The largest absolute Gasteiger partial charge is 0.394 e. The predicted molar refractivity (Wildman–Crippen MR) is 44.5 cm³/mol. The molecule has 0 radical (unpaired) electrons. The van der Waals surface area contributed by atoms with E-state index in [4.69, 9.17) is 15.3 Å². The monoisotopic (exact) mass is 176 g/mol. The molecule has 0 aromatic carbocycles. The maximum Gasteiger partial charge on any atom is 0.100 e. The van der Waals surface area contributed by atoms with E-state index < -0.39 is 6.10 Å². The van der Waals surface area contributed by atoms with Gasteiger partial charge in [-0.25, -0.2) is 0 Å². The summed E-state index contributed by atoms with van der Waals surface area (Å²) in [4.78, 5) is 0. The Kier molecular flexibility index (Phi) is 7.39. The molecule has 3 nitrogen and oxygen atoms in total. The summed E-state index contributed by atoms with van der Waals surface area (Å²) < 4.78 is 0. The summed E-state index contributed by atoms with van der Waals surface area (Å²) in [5.74, 6) is 0. The maximum atomic E-state index is 8.17. The van der Waals surface area contributed by atoms with Crippen molar-refractivity contribution >= 4 is 11.3 Å². The fourth-order valence-electron chi connectivity index (χ4n) is 0.285. The van der Waals surface area contributed by atoms with Gasteiger partial charge in [-0.1, -0.05) is 12.1 Å². The summed E-state index contributed by atoms with van der Waals surface area (Å²) in [7, 11) is 0. The zero-order valence-electron chi connectivity index (χ0n) is 6.05. The number of thiophene rings is 1. The molecule has 0 amide bonds. The molecule has 0 unspecified atom stereocenters. The average Bonchev–Trinajstić information content (AvgIpc) is 2.60. The second-order valence-corrected chi connectivity index (χ2v) is 2.63. The Morgan fingerprint density at radius 1 is 1.09 bits per heavy atom. The van der Waals surface area contributed by atoms with Crippen LogP contribution in [0.15, 0.2) is 22.9 Å². The van der Waals surface area contributed by atoms with E-state index in [0.717, 1.165) is 0 Å². The first kappa shape index (κ1) is 10.6. The molecule has 0 bridgehead atoms. The normalized spacial score (nSPS) is 9.09. The van der Waals surface area contributed by atoms with E-state index in [0.29, 0.717) is 0 Å². The first-order valence-electron chi connectivity index (χ1n) is 3.18. The average molecular weight is 176 g/mol. The molecule has 0 atom stereocenters. The van der Waals surface area contributed by atoms with Crippen molar-refractivity contribution in [1.82, 2.24) is 0 Å². The lowest BCUT2D eigenvalue weighted by atomic mass is 10.4. The van der Waals surface area contributed by atoms with Crippen molar-refractivity contribution in [2.24, 2.45) is 0 Å². The molecule has 1 rings (SSSR count). The minimum atomic E-state index is -0.954. The highest BCUT2D eigenvalue weighted by molar-refractivity contribution is 7.07. The first-order valence-corrected chi connectivity index (χ1v) is 4.12. The Hall–Kier alpha value is -0.420. The molecular weight excluding hydrogens is 164 g/mol. The highest BCUT2D eigenvalue weighted by Gasteiger charge is 1.93. The van der Waals surface area contributed by atoms with Crippen molar-refractivity contribution in [3.63, 3.8) is 0 Å². The molecule has 64 valence electrons. The molecule has 0 fully saturated rings. The molecule has 0 aliphatic carbocycles. The van der Waals surface area contributed by atoms with E-state index >= 15 is 0 Å². The van der Waals surface area contributed by atoms with E-state index in [9.17, 15) is 0 Å². The number of aliphatic hydroxyl groups is 3. The third-order valence-corrected chi connectivity index (χ3v) is 1.48. The van der Waals surface area contributed by atoms with Gasteiger partial charge >= 0.3 is 0 Å². The van der Waals surface area contributed by atoms with E-state index in [-0.39, 0.29) is 13.2 Å². The van der Waals surface area contributed by atoms with Crippen LogP contribution < -0.4 is 0 Å². The van der Waals surface area contributed by atoms with Crippen LogP contribution in [0.2, 0.25) is 0 Å². The molecule has 1 heterocycles. The van der Waals surface area contributed by atoms with Crippen LogP contribution in [0, 0.1) is 0 Å². The summed E-state index contributed by atoms with van der Waals surface area (Å²) in [5, 5.41) is 28.1. The Morgan fingerprint density at radius 3 is 1.64 bits per heavy atom. The lowest BCUT2D eigenvalue weighted by molar-refractivity contribution is 0.0450. The lowest BCUT2D eigenvalue weighted by Gasteiger charge is -1.96. The van der Waals surface area contributed by atoms with Crippen molar-refractivity contribution in [2.45, 2.75) is 6.10 Å². The van der Waals surface area contributed by atoms with Crippen LogP contribution in [-0.2, 0) is 0 Å². The van der Waals surface area contributed by atoms with Gasteiger partial charge in [0.1, 0.15) is 6.10 Å². The first-order chi connectivity index (χ1) is 5.31. The maximum absolute atomic E-state index is 8.17. The standard InChI is InChI=1S/C4H4S.C3H8O3/c1-2-4-5-3-1;4-1-3(6)2-5/h1-4H;3-6H,1-2H2. The number of aliphatic hydroxyl groups excluding tert-OH is 3. The molecule has 4 heteroatoms. The van der Waals surface area contributed by atoms with Gasteiger partial charge in [0.25, 0.3) is 0 Å². The second-order valence-electron chi connectivity index (χ2n) is 1.81. The Balaban J connectivity index is 0.000000183. The molecule has 1 aromatic heterocycles. The van der Waals surface area contributed by atoms with Crippen molar-refractivity contribution < 1.29 is 15.3 Å². The number of hydrogen-bond acceptors (Lipinski definition) is 4. The van der Waals surface area contributed by atoms with Gasteiger partial charge in [0.15, 0.2) is 0 Å². The molecule has 0 spiro atoms. The summed E-state index contributed by atoms with van der Waals surface area (Å²) in [6.45, 7) is -0.729. The van der Waals surface area contributed by atoms with Gasteiger partial charge < -0.3 is 15.3 Å². The van der Waals surface area contributed by atoms with Gasteiger partial charge in [0.2, 0.25) is 0 Å². The van der Waals surface area contributed by atoms with Gasteiger partial charge in [-0.15, -0.1) is 0 Å². The van der Waals surface area contributed by atoms with Gasteiger partial charge in [-0.2, -0.15) is 11.3 Å². The van der Waals surface area contributed by atoms with Gasteiger partial charge in [0.05, 0.1) is 13.2 Å². The van der Waals surface area contributed by atoms with Crippen LogP contribution in [-0.4, -0.2) is 34.6 Å². The van der Waals surface area contributed by atoms with Crippen molar-refractivity contribution in [3.8, 4) is 0 Å². The molecule has 11 heavy (non-hydrogen) atoms. The van der Waals surface area contributed by atoms with E-state index in [1.807, 2.05) is 22.9 Å². The van der Waals surface area contributed by atoms with Crippen LogP contribution in [0.25, 0.3) is 0 Å². The highest BCUT2D eigenvalue weighted by Crippen LogP contribution is 1.91. The second kappa shape index (κ2) is 7.68. The number of hydrogen-bond donors (Lipinski definition) is 3. The van der Waals surface area contributed by atoms with E-state index in [2.05, 4.69) is 0 Å². The molecule has 0 saturated heterocycles. The molecular formula is C7H12O3S. The highest BCUT2D eigenvalue weighted by atomic mass is 32.1. The Labute approximate surface area is 69.6 Å². The van der Waals surface area contributed by atoms with Gasteiger partial charge in [-0.05, 0) is 10.8 Å². The summed E-state index contributed by atoms with van der Waals surface area (Å²) >= 11 is 1.71. The summed E-state index contributed by atoms with van der Waals surface area (Å²) in [6, 6.07) is 4.04. The quantitative estimate of drug-likeness (QED) is 0.598. The van der Waals surface area contributed by atoms with Gasteiger partial charge in [0, 0.05) is 0 Å². The molecule has 0 saturated carbocycles. The molecule has 3 N–H and O–H groups in total. The van der Waals surface area contributed by atoms with Crippen LogP contribution in [0.4, 0.5) is 0 Å². The van der Waals surface area contributed by atoms with Crippen LogP contribution in [0.5, 0.6) is 0 Å². The fourth-order valence-corrected chi connectivity index (χ4v) is 0.738. The molecule has 0 aliphatic heterocycles. The van der Waals surface area contributed by atoms with Gasteiger partial charge in [-0.3, -0.25) is 0 Å². The summed E-state index contributed by atoms with van der Waals surface area (Å²) in [6.07, 6.45) is -0.954. The Bertz CT molecular complexity index is 120. The topological polar surface area (TPSA) is 60.7 Å². The third-order valence-electron chi connectivity index (χ3n) is 0.847. The van der Waals surface area contributed by atoms with Crippen molar-refractivity contribution in [2.75, 3.05) is 13.2 Å². The predicted octanol–water partition coefficient (Wildman–Crippen LogP) is 0.0800. The van der Waals surface area contributed by atoms with Crippen LogP contribution >= 0.6 is 11.3 Å². The third kappa shape index (κ3) is 7.48. The smallest absolute Gasteiger partial charge is 0.100 e. The SMILES string of the molecule is OCC(O)CO.c1ccsc1. The van der Waals surface area contributed by atoms with E-state index in [1.165, 1.54) is 0 Å². The van der Waals surface area contributed by atoms with E-state index in [1.54, 1.807) is 11.3 Å². The Morgan fingerprint density at radius 2 is 1.55 bits per heavy atom. The van der Waals surface area contributed by atoms with Crippen molar-refractivity contribution in [3.05, 3.63) is 22.9 Å². The molecule has 0 aliphatic rings. The van der Waals surface area contributed by atoms with Crippen molar-refractivity contribution in [1.29, 1.82) is 0 Å². The molecule has 1 aromatic rings. The number of rotatable bonds is 2. The fraction of sp³-hybridized carbons (Fsp3) is 0.429. The van der Waals surface area contributed by atoms with Crippen LogP contribution in [0.1, 0.15) is 0 Å². The summed E-state index contributed by atoms with van der Waals surface area (Å²) in [5.41, 5.74) is 0. The zero-order chi connectivity index (χ0) is 8.53. The zero-order valence-corrected chi connectivity index (χ0v) is 6.87.